The van der Waals surface area contributed by atoms with E-state index in [4.69, 9.17) is 0 Å². The van der Waals surface area contributed by atoms with Crippen molar-refractivity contribution in [2.75, 3.05) is 0 Å². The van der Waals surface area contributed by atoms with Gasteiger partial charge in [-0.2, -0.15) is 0 Å². The van der Waals surface area contributed by atoms with Gasteiger partial charge in [-0.1, -0.05) is 60.7 Å². The molecule has 3 aromatic heterocycles. The summed E-state index contributed by atoms with van der Waals surface area (Å²) in [6, 6.07) is 30.5. The van der Waals surface area contributed by atoms with Crippen LogP contribution in [0.4, 0.5) is 0 Å². The summed E-state index contributed by atoms with van der Waals surface area (Å²) in [7, 11) is 2.19. The van der Waals surface area contributed by atoms with E-state index in [0.717, 1.165) is 0 Å². The first kappa shape index (κ1) is 19.1. The molecule has 5 rings (SSSR count). The van der Waals surface area contributed by atoms with Crippen molar-refractivity contribution in [3.05, 3.63) is 96.1 Å². The number of nitrogens with zero attached hydrogens (tertiary/aromatic N) is 1. The van der Waals surface area contributed by atoms with E-state index < -0.39 is 0 Å². The molecule has 2 aromatic carbocycles. The van der Waals surface area contributed by atoms with Gasteiger partial charge in [0.15, 0.2) is 0 Å². The largest absolute Gasteiger partial charge is 0.342 e. The molecule has 0 unspecified atom stereocenters. The van der Waals surface area contributed by atoms with Gasteiger partial charge >= 0.3 is 0 Å². The summed E-state index contributed by atoms with van der Waals surface area (Å²) in [5.41, 5.74) is 7.80. The van der Waals surface area contributed by atoms with E-state index in [2.05, 4.69) is 110 Å². The highest BCUT2D eigenvalue weighted by molar-refractivity contribution is 7.19. The molecule has 0 saturated carbocycles. The Hall–Kier alpha value is -2.88. The second kappa shape index (κ2) is 7.75. The molecule has 0 spiro atoms. The highest BCUT2D eigenvalue weighted by atomic mass is 32.1. The van der Waals surface area contributed by atoms with Crippen LogP contribution in [0.15, 0.2) is 84.9 Å². The Morgan fingerprint density at radius 1 is 0.567 bits per heavy atom. The molecule has 0 N–H and O–H groups in total. The third kappa shape index (κ3) is 3.34. The van der Waals surface area contributed by atoms with Crippen LogP contribution in [-0.2, 0) is 7.05 Å². The van der Waals surface area contributed by atoms with Crippen LogP contribution < -0.4 is 0 Å². The first-order chi connectivity index (χ1) is 14.6. The fraction of sp³-hybridized carbons (Fsp3) is 0.111. The quantitative estimate of drug-likeness (QED) is 0.272. The van der Waals surface area contributed by atoms with Crippen molar-refractivity contribution < 1.29 is 0 Å². The predicted octanol–water partition coefficient (Wildman–Crippen LogP) is 8.43. The molecule has 148 valence electrons. The van der Waals surface area contributed by atoms with E-state index in [1.807, 2.05) is 22.7 Å². The summed E-state index contributed by atoms with van der Waals surface area (Å²) in [6.07, 6.45) is 0. The molecular formula is C27H23NS2. The Morgan fingerprint density at radius 3 is 1.37 bits per heavy atom. The summed E-state index contributed by atoms with van der Waals surface area (Å²) >= 11 is 3.75. The van der Waals surface area contributed by atoms with Gasteiger partial charge in [0.2, 0.25) is 0 Å². The molecule has 5 aromatic rings. The van der Waals surface area contributed by atoms with Gasteiger partial charge in [0.1, 0.15) is 0 Å². The Kier molecular flexibility index (Phi) is 4.93. The van der Waals surface area contributed by atoms with Crippen LogP contribution in [0.5, 0.6) is 0 Å². The number of aromatic nitrogens is 1. The Morgan fingerprint density at radius 2 is 0.967 bits per heavy atom. The van der Waals surface area contributed by atoms with Crippen LogP contribution in [-0.4, -0.2) is 4.57 Å². The molecule has 0 aliphatic rings. The highest BCUT2D eigenvalue weighted by Gasteiger charge is 2.17. The Bertz CT molecular complexity index is 1200. The minimum atomic E-state index is 1.28. The molecule has 0 radical (unpaired) electrons. The topological polar surface area (TPSA) is 4.93 Å². The minimum absolute atomic E-state index is 1.28. The maximum absolute atomic E-state index is 2.35. The number of hydrogen-bond donors (Lipinski definition) is 0. The number of hydrogen-bond acceptors (Lipinski definition) is 2. The lowest BCUT2D eigenvalue weighted by Crippen LogP contribution is -1.93. The van der Waals surface area contributed by atoms with Crippen molar-refractivity contribution in [2.24, 2.45) is 7.05 Å². The molecule has 3 heteroatoms. The van der Waals surface area contributed by atoms with Crippen molar-refractivity contribution in [3.63, 3.8) is 0 Å². The number of benzene rings is 2. The summed E-state index contributed by atoms with van der Waals surface area (Å²) in [5, 5.41) is 0. The monoisotopic (exact) mass is 425 g/mol. The van der Waals surface area contributed by atoms with Gasteiger partial charge in [-0.25, -0.2) is 0 Å². The molecule has 0 fully saturated rings. The van der Waals surface area contributed by atoms with E-state index in [1.165, 1.54) is 53.2 Å². The first-order valence-corrected chi connectivity index (χ1v) is 11.7. The Labute approximate surface area is 185 Å². The van der Waals surface area contributed by atoms with Gasteiger partial charge < -0.3 is 4.57 Å². The zero-order chi connectivity index (χ0) is 20.7. The lowest BCUT2D eigenvalue weighted by Gasteiger charge is -2.07. The molecule has 0 aliphatic heterocycles. The maximum Gasteiger partial charge on any atom is 0.0587 e. The van der Waals surface area contributed by atoms with Gasteiger partial charge in [0, 0.05) is 16.8 Å². The molecule has 0 saturated heterocycles. The SMILES string of the molecule is Cc1cc(-c2ccccc2)sc1-c1ccc(-c2sc(-c3ccccc3)cc2C)n1C. The van der Waals surface area contributed by atoms with Crippen LogP contribution in [0.2, 0.25) is 0 Å². The van der Waals surface area contributed by atoms with E-state index in [9.17, 15) is 0 Å². The zero-order valence-electron chi connectivity index (χ0n) is 17.3. The van der Waals surface area contributed by atoms with Gasteiger partial charge in [-0.05, 0) is 60.4 Å². The van der Waals surface area contributed by atoms with Gasteiger partial charge in [0.25, 0.3) is 0 Å². The number of rotatable bonds is 4. The van der Waals surface area contributed by atoms with E-state index >= 15 is 0 Å². The van der Waals surface area contributed by atoms with Crippen molar-refractivity contribution in [1.82, 2.24) is 4.57 Å². The number of thiophene rings is 2. The molecule has 0 amide bonds. The molecule has 0 bridgehead atoms. The second-order valence-corrected chi connectivity index (χ2v) is 9.74. The lowest BCUT2D eigenvalue weighted by atomic mass is 10.1. The maximum atomic E-state index is 2.35. The van der Waals surface area contributed by atoms with Gasteiger partial charge in [-0.15, -0.1) is 22.7 Å². The standard InChI is InChI=1S/C27H23NS2/c1-18-16-24(20-10-6-4-7-11-20)29-26(18)22-14-15-23(28(22)3)27-19(2)17-25(30-27)21-12-8-5-9-13-21/h4-17H,1-3H3. The zero-order valence-corrected chi connectivity index (χ0v) is 19.0. The average molecular weight is 426 g/mol. The highest BCUT2D eigenvalue weighted by Crippen LogP contribution is 2.42. The van der Waals surface area contributed by atoms with Gasteiger partial charge in [-0.3, -0.25) is 0 Å². The van der Waals surface area contributed by atoms with E-state index in [1.54, 1.807) is 0 Å². The van der Waals surface area contributed by atoms with E-state index in [0.29, 0.717) is 0 Å². The van der Waals surface area contributed by atoms with E-state index in [-0.39, 0.29) is 0 Å². The summed E-state index contributed by atoms with van der Waals surface area (Å²) < 4.78 is 2.35. The van der Waals surface area contributed by atoms with Crippen LogP contribution in [0, 0.1) is 13.8 Å². The van der Waals surface area contributed by atoms with Gasteiger partial charge in [0.05, 0.1) is 21.1 Å². The number of aryl methyl sites for hydroxylation is 2. The summed E-state index contributed by atoms with van der Waals surface area (Å²) in [4.78, 5) is 5.34. The summed E-state index contributed by atoms with van der Waals surface area (Å²) in [5.74, 6) is 0. The third-order valence-corrected chi connectivity index (χ3v) is 8.16. The van der Waals surface area contributed by atoms with Crippen molar-refractivity contribution in [3.8, 4) is 42.0 Å². The molecule has 3 heterocycles. The van der Waals surface area contributed by atoms with Crippen LogP contribution >= 0.6 is 22.7 Å². The minimum Gasteiger partial charge on any atom is -0.342 e. The Balaban J connectivity index is 1.55. The average Bonchev–Trinajstić information content (AvgIpc) is 3.46. The smallest absolute Gasteiger partial charge is 0.0587 e. The van der Waals surface area contributed by atoms with Crippen LogP contribution in [0.25, 0.3) is 42.0 Å². The first-order valence-electron chi connectivity index (χ1n) is 10.1. The van der Waals surface area contributed by atoms with Crippen LogP contribution in [0.1, 0.15) is 11.1 Å². The summed E-state index contributed by atoms with van der Waals surface area (Å²) in [6.45, 7) is 4.43. The fourth-order valence-corrected chi connectivity index (χ4v) is 6.41. The molecule has 1 nitrogen and oxygen atoms in total. The molecule has 0 aliphatic carbocycles. The van der Waals surface area contributed by atoms with Crippen molar-refractivity contribution >= 4 is 22.7 Å². The van der Waals surface area contributed by atoms with Crippen molar-refractivity contribution in [2.45, 2.75) is 13.8 Å². The molecule has 30 heavy (non-hydrogen) atoms. The predicted molar refractivity (Wildman–Crippen MR) is 132 cm³/mol. The lowest BCUT2D eigenvalue weighted by molar-refractivity contribution is 0.949. The fourth-order valence-electron chi connectivity index (χ4n) is 3.93. The molecule has 0 atom stereocenters. The third-order valence-electron chi connectivity index (χ3n) is 5.54. The van der Waals surface area contributed by atoms with Crippen LogP contribution in [0.3, 0.4) is 0 Å². The molecular weight excluding hydrogens is 402 g/mol. The second-order valence-electron chi connectivity index (χ2n) is 7.64. The normalized spacial score (nSPS) is 11.2. The van der Waals surface area contributed by atoms with Crippen molar-refractivity contribution in [1.29, 1.82) is 0 Å².